The molecule has 0 amide bonds. The Hall–Kier alpha value is -0.940. The lowest BCUT2D eigenvalue weighted by molar-refractivity contribution is -0.0203. The molecule has 0 saturated heterocycles. The van der Waals surface area contributed by atoms with Crippen molar-refractivity contribution in [3.63, 3.8) is 0 Å². The highest BCUT2D eigenvalue weighted by atomic mass is 16.5. The summed E-state index contributed by atoms with van der Waals surface area (Å²) in [6, 6.07) is 0. The van der Waals surface area contributed by atoms with Gasteiger partial charge in [-0.2, -0.15) is 4.98 Å². The van der Waals surface area contributed by atoms with Crippen LogP contribution in [0.1, 0.15) is 71.7 Å². The molecule has 0 spiro atoms. The van der Waals surface area contributed by atoms with E-state index in [0.717, 1.165) is 0 Å². The van der Waals surface area contributed by atoms with Crippen LogP contribution in [-0.2, 0) is 4.74 Å². The monoisotopic (exact) mass is 270 g/mol. The van der Waals surface area contributed by atoms with Gasteiger partial charge in [-0.05, 0) is 18.8 Å². The molecule has 0 aliphatic heterocycles. The highest BCUT2D eigenvalue weighted by Gasteiger charge is 2.32. The second kappa shape index (κ2) is 6.48. The van der Waals surface area contributed by atoms with Crippen LogP contribution in [0.15, 0.2) is 4.52 Å². The van der Waals surface area contributed by atoms with Crippen LogP contribution in [0, 0.1) is 5.41 Å². The van der Waals surface area contributed by atoms with Crippen molar-refractivity contribution in [3.8, 4) is 0 Å². The fourth-order valence-electron chi connectivity index (χ4n) is 1.94. The molecule has 0 bridgehead atoms. The number of rotatable bonds is 6. The van der Waals surface area contributed by atoms with Gasteiger partial charge in [0.05, 0.1) is 12.0 Å². The van der Waals surface area contributed by atoms with E-state index in [1.807, 2.05) is 20.8 Å². The summed E-state index contributed by atoms with van der Waals surface area (Å²) in [6.07, 6.45) is -0.0120. The Labute approximate surface area is 115 Å². The average Bonchev–Trinajstić information content (AvgIpc) is 2.81. The zero-order chi connectivity index (χ0) is 14.6. The molecule has 0 aliphatic carbocycles. The lowest BCUT2D eigenvalue weighted by atomic mass is 9.88. The van der Waals surface area contributed by atoms with Gasteiger partial charge in [0.1, 0.15) is 6.10 Å². The molecule has 3 atom stereocenters. The summed E-state index contributed by atoms with van der Waals surface area (Å²) >= 11 is 0. The molecule has 0 aromatic carbocycles. The first-order valence-electron chi connectivity index (χ1n) is 6.94. The topological polar surface area (TPSA) is 68.4 Å². The van der Waals surface area contributed by atoms with Crippen molar-refractivity contribution in [3.05, 3.63) is 11.7 Å². The van der Waals surface area contributed by atoms with E-state index in [4.69, 9.17) is 9.26 Å². The van der Waals surface area contributed by atoms with E-state index in [1.165, 1.54) is 0 Å². The number of aromatic nitrogens is 2. The van der Waals surface area contributed by atoms with Gasteiger partial charge in [-0.25, -0.2) is 0 Å². The van der Waals surface area contributed by atoms with Crippen molar-refractivity contribution in [1.29, 1.82) is 0 Å². The lowest BCUT2D eigenvalue weighted by Crippen LogP contribution is -2.23. The first-order valence-corrected chi connectivity index (χ1v) is 6.94. The molecule has 1 heterocycles. The van der Waals surface area contributed by atoms with Gasteiger partial charge in [0, 0.05) is 6.61 Å². The Kier molecular flexibility index (Phi) is 5.50. The van der Waals surface area contributed by atoms with Gasteiger partial charge in [0.15, 0.2) is 0 Å². The van der Waals surface area contributed by atoms with E-state index in [1.54, 1.807) is 0 Å². The smallest absolute Gasteiger partial charge is 0.232 e. The minimum Gasteiger partial charge on any atom is -0.392 e. The van der Waals surface area contributed by atoms with E-state index in [9.17, 15) is 5.11 Å². The maximum absolute atomic E-state index is 9.83. The normalized spacial score (nSPS) is 17.2. The Morgan fingerprint density at radius 1 is 1.32 bits per heavy atom. The predicted octanol–water partition coefficient (Wildman–Crippen LogP) is 3.07. The van der Waals surface area contributed by atoms with Gasteiger partial charge in [0.25, 0.3) is 0 Å². The molecule has 5 nitrogen and oxygen atoms in total. The van der Waals surface area contributed by atoms with Crippen LogP contribution in [0.2, 0.25) is 0 Å². The molecule has 1 aromatic rings. The van der Waals surface area contributed by atoms with Crippen molar-refractivity contribution in [2.75, 3.05) is 6.61 Å². The number of aliphatic hydroxyl groups is 1. The third kappa shape index (κ3) is 4.01. The quantitative estimate of drug-likeness (QED) is 0.860. The van der Waals surface area contributed by atoms with Crippen LogP contribution in [0.3, 0.4) is 0 Å². The third-order valence-corrected chi connectivity index (χ3v) is 3.20. The van der Waals surface area contributed by atoms with E-state index in [-0.39, 0.29) is 17.4 Å². The molecule has 19 heavy (non-hydrogen) atoms. The molecular formula is C14H26N2O3. The summed E-state index contributed by atoms with van der Waals surface area (Å²) in [6.45, 7) is 12.6. The molecule has 0 fully saturated rings. The zero-order valence-corrected chi connectivity index (χ0v) is 12.8. The summed E-state index contributed by atoms with van der Waals surface area (Å²) in [5.74, 6) is 0.867. The SMILES string of the molecule is CCOC(c1noc(C(C)C(O)CC)n1)C(C)(C)C. The molecule has 5 heteroatoms. The maximum Gasteiger partial charge on any atom is 0.232 e. The standard InChI is InChI=1S/C14H26N2O3/c1-7-10(17)9(3)13-15-12(16-19-13)11(18-8-2)14(4,5)6/h9-11,17H,7-8H2,1-6H3. The van der Waals surface area contributed by atoms with Gasteiger partial charge in [-0.15, -0.1) is 0 Å². The molecule has 110 valence electrons. The maximum atomic E-state index is 9.83. The van der Waals surface area contributed by atoms with Crippen molar-refractivity contribution in [2.45, 2.75) is 66.1 Å². The second-order valence-corrected chi connectivity index (χ2v) is 5.96. The minimum absolute atomic E-state index is 0.107. The Balaban J connectivity index is 2.93. The number of hydrogen-bond acceptors (Lipinski definition) is 5. The second-order valence-electron chi connectivity index (χ2n) is 5.96. The Morgan fingerprint density at radius 2 is 1.95 bits per heavy atom. The van der Waals surface area contributed by atoms with Crippen LogP contribution >= 0.6 is 0 Å². The number of hydrogen-bond donors (Lipinski definition) is 1. The van der Waals surface area contributed by atoms with Crippen molar-refractivity contribution < 1.29 is 14.4 Å². The Morgan fingerprint density at radius 3 is 2.42 bits per heavy atom. The summed E-state index contributed by atoms with van der Waals surface area (Å²) in [4.78, 5) is 4.40. The fraction of sp³-hybridized carbons (Fsp3) is 0.857. The lowest BCUT2D eigenvalue weighted by Gasteiger charge is -2.27. The van der Waals surface area contributed by atoms with Crippen LogP contribution < -0.4 is 0 Å². The van der Waals surface area contributed by atoms with Crippen LogP contribution in [0.25, 0.3) is 0 Å². The number of aliphatic hydroxyl groups excluding tert-OH is 1. The number of nitrogens with zero attached hydrogens (tertiary/aromatic N) is 2. The average molecular weight is 270 g/mol. The molecule has 1 rings (SSSR count). The first kappa shape index (κ1) is 16.1. The minimum atomic E-state index is -0.464. The van der Waals surface area contributed by atoms with Gasteiger partial charge in [-0.1, -0.05) is 39.8 Å². The van der Waals surface area contributed by atoms with E-state index < -0.39 is 6.10 Å². The molecule has 0 saturated carbocycles. The van der Waals surface area contributed by atoms with Gasteiger partial charge < -0.3 is 14.4 Å². The highest BCUT2D eigenvalue weighted by molar-refractivity contribution is 5.00. The predicted molar refractivity (Wildman–Crippen MR) is 72.8 cm³/mol. The zero-order valence-electron chi connectivity index (χ0n) is 12.8. The molecule has 3 unspecified atom stereocenters. The van der Waals surface area contributed by atoms with Crippen LogP contribution in [0.5, 0.6) is 0 Å². The highest BCUT2D eigenvalue weighted by Crippen LogP contribution is 2.35. The molecule has 1 aromatic heterocycles. The van der Waals surface area contributed by atoms with E-state index >= 15 is 0 Å². The van der Waals surface area contributed by atoms with E-state index in [2.05, 4.69) is 30.9 Å². The van der Waals surface area contributed by atoms with Crippen LogP contribution in [0.4, 0.5) is 0 Å². The molecule has 1 N–H and O–H groups in total. The third-order valence-electron chi connectivity index (χ3n) is 3.20. The largest absolute Gasteiger partial charge is 0.392 e. The number of ether oxygens (including phenoxy) is 1. The summed E-state index contributed by atoms with van der Waals surface area (Å²) in [7, 11) is 0. The van der Waals surface area contributed by atoms with Gasteiger partial charge >= 0.3 is 0 Å². The molecule has 0 radical (unpaired) electrons. The summed E-state index contributed by atoms with van der Waals surface area (Å²) in [5.41, 5.74) is -0.107. The summed E-state index contributed by atoms with van der Waals surface area (Å²) in [5, 5.41) is 13.8. The van der Waals surface area contributed by atoms with Crippen molar-refractivity contribution in [1.82, 2.24) is 10.1 Å². The Bertz CT molecular complexity index is 384. The molecular weight excluding hydrogens is 244 g/mol. The summed E-state index contributed by atoms with van der Waals surface area (Å²) < 4.78 is 11.0. The van der Waals surface area contributed by atoms with Crippen molar-refractivity contribution >= 4 is 0 Å². The van der Waals surface area contributed by atoms with E-state index in [0.29, 0.717) is 24.7 Å². The first-order chi connectivity index (χ1) is 8.81. The van der Waals surface area contributed by atoms with Gasteiger partial charge in [-0.3, -0.25) is 0 Å². The van der Waals surface area contributed by atoms with Crippen molar-refractivity contribution in [2.24, 2.45) is 5.41 Å². The van der Waals surface area contributed by atoms with Crippen LogP contribution in [-0.4, -0.2) is 28.0 Å². The fourth-order valence-corrected chi connectivity index (χ4v) is 1.94. The van der Waals surface area contributed by atoms with Gasteiger partial charge in [0.2, 0.25) is 11.7 Å². The molecule has 0 aliphatic rings.